The van der Waals surface area contributed by atoms with E-state index in [0.717, 1.165) is 50.1 Å². The molecule has 3 aromatic carbocycles. The molecule has 0 atom stereocenters. The zero-order valence-corrected chi connectivity index (χ0v) is 42.2. The smallest absolute Gasteiger partial charge is 0.238 e. The molecule has 0 saturated carbocycles. The van der Waals surface area contributed by atoms with Crippen LogP contribution in [0.3, 0.4) is 0 Å². The van der Waals surface area contributed by atoms with Crippen LogP contribution in [0, 0.1) is 5.92 Å². The van der Waals surface area contributed by atoms with Gasteiger partial charge in [0, 0.05) is 19.3 Å². The predicted octanol–water partition coefficient (Wildman–Crippen LogP) is 11.1. The van der Waals surface area contributed by atoms with Crippen LogP contribution in [0.2, 0.25) is 0 Å². The van der Waals surface area contributed by atoms with E-state index < -0.39 is 5.92 Å². The van der Waals surface area contributed by atoms with Crippen LogP contribution in [-0.4, -0.2) is 56.0 Å². The Morgan fingerprint density at radius 3 is 0.889 bits per heavy atom. The number of amides is 2. The molecule has 9 nitrogen and oxygen atoms in total. The molecular weight excluding hydrogens is 787 g/mol. The minimum Gasteiger partial charge on any atom is -0.507 e. The lowest BCUT2D eigenvalue weighted by Gasteiger charge is -2.40. The number of hydrogen-bond donors (Lipinski definition) is 4. The van der Waals surface area contributed by atoms with Gasteiger partial charge in [0.15, 0.2) is 0 Å². The van der Waals surface area contributed by atoms with Crippen LogP contribution in [0.15, 0.2) is 36.4 Å². The maximum absolute atomic E-state index is 14.3. The van der Waals surface area contributed by atoms with Crippen molar-refractivity contribution in [3.05, 3.63) is 86.5 Å². The molecule has 1 fully saturated rings. The van der Waals surface area contributed by atoms with E-state index in [1.54, 1.807) is 0 Å². The van der Waals surface area contributed by atoms with Gasteiger partial charge in [0.2, 0.25) is 11.8 Å². The highest BCUT2D eigenvalue weighted by molar-refractivity contribution is 5.85. The van der Waals surface area contributed by atoms with Crippen LogP contribution in [0.5, 0.6) is 17.2 Å². The Kier molecular flexibility index (Phi) is 14.9. The third-order valence-electron chi connectivity index (χ3n) is 12.4. The molecule has 1 aliphatic heterocycles. The maximum atomic E-state index is 14.3. The standard InChI is InChI=1S/C54H81N3O6/c1-49(2,3)37-25-33(26-38(46(37)61)50(4,5)6)19-22-43(58)36-31-56(44(59)23-20-34-27-39(51(7,8)9)47(62)40(28-34)52(10,11)12)55-57(32-36)45(60)24-21-35-29-41(53(13,14)15)48(63)42(30-35)54(16,17)18/h25-30,36,55,61-63H,19-24,31-32H2,1-18H3. The summed E-state index contributed by atoms with van der Waals surface area (Å²) < 4.78 is 0. The average Bonchev–Trinajstić information content (AvgIpc) is 3.13. The molecule has 4 N–H and O–H groups in total. The van der Waals surface area contributed by atoms with E-state index in [2.05, 4.69) is 130 Å². The predicted molar refractivity (Wildman–Crippen MR) is 257 cm³/mol. The van der Waals surface area contributed by atoms with E-state index in [-0.39, 0.29) is 93.9 Å². The summed E-state index contributed by atoms with van der Waals surface area (Å²) in [5, 5.41) is 36.8. The second-order valence-electron chi connectivity index (χ2n) is 24.4. The molecular formula is C54H81N3O6. The Bertz CT molecular complexity index is 1820. The van der Waals surface area contributed by atoms with Gasteiger partial charge in [0.25, 0.3) is 0 Å². The van der Waals surface area contributed by atoms with Crippen molar-refractivity contribution in [3.63, 3.8) is 0 Å². The van der Waals surface area contributed by atoms with Crippen LogP contribution in [0.4, 0.5) is 0 Å². The number of hydrazine groups is 2. The molecule has 1 heterocycles. The highest BCUT2D eigenvalue weighted by Crippen LogP contribution is 2.43. The van der Waals surface area contributed by atoms with E-state index in [1.165, 1.54) is 10.0 Å². The van der Waals surface area contributed by atoms with Gasteiger partial charge in [-0.25, -0.2) is 0 Å². The highest BCUT2D eigenvalue weighted by Gasteiger charge is 2.36. The largest absolute Gasteiger partial charge is 0.507 e. The molecule has 0 unspecified atom stereocenters. The molecule has 1 saturated heterocycles. The molecule has 0 aliphatic carbocycles. The van der Waals surface area contributed by atoms with Gasteiger partial charge in [-0.3, -0.25) is 24.4 Å². The van der Waals surface area contributed by atoms with E-state index in [4.69, 9.17) is 0 Å². The molecule has 0 aromatic heterocycles. The van der Waals surface area contributed by atoms with Gasteiger partial charge in [-0.2, -0.15) is 0 Å². The number of nitrogens with zero attached hydrogens (tertiary/aromatic N) is 2. The Labute approximate surface area is 380 Å². The van der Waals surface area contributed by atoms with Gasteiger partial charge >= 0.3 is 0 Å². The van der Waals surface area contributed by atoms with E-state index in [1.807, 2.05) is 36.4 Å². The van der Waals surface area contributed by atoms with Gasteiger partial charge in [-0.1, -0.05) is 161 Å². The number of carbonyl (C=O) groups is 3. The fraction of sp³-hybridized carbons (Fsp3) is 0.611. The molecule has 4 rings (SSSR count). The Morgan fingerprint density at radius 1 is 0.444 bits per heavy atom. The van der Waals surface area contributed by atoms with E-state index in [9.17, 15) is 29.7 Å². The Morgan fingerprint density at radius 2 is 0.667 bits per heavy atom. The summed E-state index contributed by atoms with van der Waals surface area (Å²) >= 11 is 0. The van der Waals surface area contributed by atoms with Crippen molar-refractivity contribution < 1.29 is 29.7 Å². The van der Waals surface area contributed by atoms with Crippen LogP contribution in [-0.2, 0) is 66.1 Å². The van der Waals surface area contributed by atoms with Crippen molar-refractivity contribution in [3.8, 4) is 17.2 Å². The average molecular weight is 868 g/mol. The van der Waals surface area contributed by atoms with Crippen molar-refractivity contribution in [1.29, 1.82) is 0 Å². The minimum absolute atomic E-state index is 0.0406. The van der Waals surface area contributed by atoms with Crippen molar-refractivity contribution >= 4 is 17.6 Å². The van der Waals surface area contributed by atoms with Crippen LogP contribution in [0.25, 0.3) is 0 Å². The molecule has 9 heteroatoms. The molecule has 348 valence electrons. The zero-order valence-electron chi connectivity index (χ0n) is 42.2. The second kappa shape index (κ2) is 18.3. The van der Waals surface area contributed by atoms with Gasteiger partial charge in [0.05, 0.1) is 19.0 Å². The summed E-state index contributed by atoms with van der Waals surface area (Å²) in [5.41, 5.74) is 9.00. The Hall–Kier alpha value is -4.37. The summed E-state index contributed by atoms with van der Waals surface area (Å²) in [6, 6.07) is 12.0. The maximum Gasteiger partial charge on any atom is 0.238 e. The Balaban J connectivity index is 1.65. The highest BCUT2D eigenvalue weighted by atomic mass is 16.3. The molecule has 3 aromatic rings. The molecule has 0 radical (unpaired) electrons. The summed E-state index contributed by atoms with van der Waals surface area (Å²) in [6.45, 7) is 37.4. The first-order valence-corrected chi connectivity index (χ1v) is 23.0. The zero-order chi connectivity index (χ0) is 48.0. The first-order valence-electron chi connectivity index (χ1n) is 23.0. The number of rotatable bonds is 10. The second-order valence-corrected chi connectivity index (χ2v) is 24.4. The van der Waals surface area contributed by atoms with E-state index >= 15 is 0 Å². The number of nitrogens with one attached hydrogen (secondary N) is 1. The fourth-order valence-electron chi connectivity index (χ4n) is 8.43. The third kappa shape index (κ3) is 12.7. The molecule has 0 bridgehead atoms. The van der Waals surface area contributed by atoms with Gasteiger partial charge in [0.1, 0.15) is 23.0 Å². The van der Waals surface area contributed by atoms with Crippen molar-refractivity contribution in [2.24, 2.45) is 5.92 Å². The number of hydrogen-bond acceptors (Lipinski definition) is 7. The molecule has 1 aliphatic rings. The van der Waals surface area contributed by atoms with Crippen molar-refractivity contribution in [2.75, 3.05) is 13.1 Å². The quantitative estimate of drug-likeness (QED) is 0.160. The number of carbonyl (C=O) groups excluding carboxylic acids is 3. The van der Waals surface area contributed by atoms with Gasteiger partial charge < -0.3 is 15.3 Å². The summed E-state index contributed by atoms with van der Waals surface area (Å²) in [5.74, 6) is -0.278. The molecule has 0 spiro atoms. The number of Topliss-reactive ketones (excluding diaryl/α,β-unsaturated/α-hetero) is 1. The number of aromatic hydroxyl groups is 3. The summed E-state index contributed by atoms with van der Waals surface area (Å²) in [6.07, 6.45) is 1.75. The lowest BCUT2D eigenvalue weighted by molar-refractivity contribution is -0.159. The number of phenols is 3. The van der Waals surface area contributed by atoms with Gasteiger partial charge in [-0.15, -0.1) is 5.53 Å². The number of phenolic OH excluding ortho intramolecular Hbond substituents is 3. The summed E-state index contributed by atoms with van der Waals surface area (Å²) in [4.78, 5) is 42.7. The third-order valence-corrected chi connectivity index (χ3v) is 12.4. The number of ketones is 1. The lowest BCUT2D eigenvalue weighted by atomic mass is 9.78. The normalized spacial score (nSPS) is 15.0. The molecule has 63 heavy (non-hydrogen) atoms. The number of benzene rings is 3. The SMILES string of the molecule is CC(C)(C)c1cc(CCC(=O)C2CN(C(=O)CCc3cc(C(C)(C)C)c(O)c(C(C)(C)C)c3)NN(C(=O)CCc3cc(C(C)(C)C)c(O)c(C(C)(C)C)c3)C2)cc(C(C)(C)C)c1O. The van der Waals surface area contributed by atoms with Gasteiger partial charge in [-0.05, 0) is 102 Å². The van der Waals surface area contributed by atoms with Crippen LogP contribution < -0.4 is 5.53 Å². The minimum atomic E-state index is -0.622. The topological polar surface area (TPSA) is 130 Å². The fourth-order valence-corrected chi connectivity index (χ4v) is 8.43. The first-order chi connectivity index (χ1) is 28.5. The van der Waals surface area contributed by atoms with Crippen LogP contribution in [0.1, 0.15) is 194 Å². The van der Waals surface area contributed by atoms with Crippen LogP contribution >= 0.6 is 0 Å². The van der Waals surface area contributed by atoms with Crippen molar-refractivity contribution in [1.82, 2.24) is 15.6 Å². The first kappa shape index (κ1) is 51.3. The molecule has 2 amide bonds. The van der Waals surface area contributed by atoms with E-state index in [0.29, 0.717) is 25.0 Å². The number of aryl methyl sites for hydroxylation is 3. The van der Waals surface area contributed by atoms with Crippen molar-refractivity contribution in [2.45, 2.75) is 196 Å². The lowest BCUT2D eigenvalue weighted by Crippen LogP contribution is -2.63. The monoisotopic (exact) mass is 868 g/mol. The summed E-state index contributed by atoms with van der Waals surface area (Å²) in [7, 11) is 0.